The molecule has 0 bridgehead atoms. The van der Waals surface area contributed by atoms with E-state index in [1.807, 2.05) is 0 Å². The van der Waals surface area contributed by atoms with Gasteiger partial charge in [-0.25, -0.2) is 9.97 Å². The van der Waals surface area contributed by atoms with E-state index in [2.05, 4.69) is 15.3 Å². The molecule has 0 aromatic carbocycles. The van der Waals surface area contributed by atoms with Crippen LogP contribution < -0.4 is 5.32 Å². The molecule has 1 saturated heterocycles. The van der Waals surface area contributed by atoms with E-state index in [-0.39, 0.29) is 24.2 Å². The van der Waals surface area contributed by atoms with Gasteiger partial charge in [-0.1, -0.05) is 11.6 Å². The molecule has 3 atom stereocenters. The van der Waals surface area contributed by atoms with E-state index in [0.29, 0.717) is 0 Å². The van der Waals surface area contributed by atoms with Crippen molar-refractivity contribution in [2.75, 3.05) is 18.5 Å². The lowest BCUT2D eigenvalue weighted by Crippen LogP contribution is -2.51. The Morgan fingerprint density at radius 1 is 1.30 bits per heavy atom. The number of aromatic nitrogens is 2. The first-order chi connectivity index (χ1) is 9.27. The van der Waals surface area contributed by atoms with Crippen LogP contribution in [-0.4, -0.2) is 51.6 Å². The molecular formula is C10H11ClF3N3O3. The number of halogens is 4. The molecular weight excluding hydrogens is 303 g/mol. The van der Waals surface area contributed by atoms with Gasteiger partial charge in [0.2, 0.25) is 5.82 Å². The second-order valence-electron chi connectivity index (χ2n) is 4.24. The third-order valence-corrected chi connectivity index (χ3v) is 2.87. The van der Waals surface area contributed by atoms with E-state index in [0.717, 1.165) is 6.07 Å². The Morgan fingerprint density at radius 3 is 2.65 bits per heavy atom. The smallest absolute Gasteiger partial charge is 0.388 e. The summed E-state index contributed by atoms with van der Waals surface area (Å²) in [4.78, 5) is 6.36. The minimum atomic E-state index is -4.73. The summed E-state index contributed by atoms with van der Waals surface area (Å²) in [7, 11) is 0. The van der Waals surface area contributed by atoms with Crippen LogP contribution in [0.4, 0.5) is 19.0 Å². The van der Waals surface area contributed by atoms with Crippen molar-refractivity contribution in [1.82, 2.24) is 9.97 Å². The van der Waals surface area contributed by atoms with E-state index in [1.54, 1.807) is 0 Å². The second-order valence-corrected chi connectivity index (χ2v) is 4.63. The fourth-order valence-electron chi connectivity index (χ4n) is 1.72. The maximum absolute atomic E-state index is 12.5. The largest absolute Gasteiger partial charge is 0.451 e. The van der Waals surface area contributed by atoms with Crippen LogP contribution in [0.2, 0.25) is 5.15 Å². The molecule has 0 saturated carbocycles. The van der Waals surface area contributed by atoms with Gasteiger partial charge in [0.05, 0.1) is 19.3 Å². The van der Waals surface area contributed by atoms with E-state index < -0.39 is 30.3 Å². The van der Waals surface area contributed by atoms with Crippen molar-refractivity contribution in [2.24, 2.45) is 0 Å². The van der Waals surface area contributed by atoms with E-state index >= 15 is 0 Å². The molecule has 6 nitrogen and oxygen atoms in total. The molecule has 3 N–H and O–H groups in total. The van der Waals surface area contributed by atoms with Crippen LogP contribution in [0.15, 0.2) is 6.07 Å². The first-order valence-electron chi connectivity index (χ1n) is 5.59. The lowest BCUT2D eigenvalue weighted by Gasteiger charge is -2.32. The summed E-state index contributed by atoms with van der Waals surface area (Å²) in [5, 5.41) is 21.3. The van der Waals surface area contributed by atoms with Gasteiger partial charge in [0.1, 0.15) is 23.2 Å². The van der Waals surface area contributed by atoms with Crippen molar-refractivity contribution in [1.29, 1.82) is 0 Å². The molecule has 20 heavy (non-hydrogen) atoms. The molecule has 0 unspecified atom stereocenters. The average molecular weight is 314 g/mol. The first-order valence-corrected chi connectivity index (χ1v) is 5.97. The SMILES string of the molecule is O[C@H]1[C@H](O)COC[C@@H]1Nc1cc(Cl)nc(C(F)(F)F)n1. The van der Waals surface area contributed by atoms with Crippen molar-refractivity contribution in [2.45, 2.75) is 24.4 Å². The maximum atomic E-state index is 12.5. The van der Waals surface area contributed by atoms with Gasteiger partial charge in [0.15, 0.2) is 0 Å². The molecule has 2 rings (SSSR count). The van der Waals surface area contributed by atoms with Gasteiger partial charge in [-0.2, -0.15) is 13.2 Å². The van der Waals surface area contributed by atoms with Gasteiger partial charge in [0, 0.05) is 6.07 Å². The summed E-state index contributed by atoms with van der Waals surface area (Å²) in [5.41, 5.74) is 0. The third kappa shape index (κ3) is 3.48. The molecule has 0 amide bonds. The van der Waals surface area contributed by atoms with Crippen molar-refractivity contribution < 1.29 is 28.1 Å². The molecule has 1 fully saturated rings. The number of aliphatic hydroxyl groups excluding tert-OH is 2. The highest BCUT2D eigenvalue weighted by Gasteiger charge is 2.36. The Balaban J connectivity index is 2.19. The molecule has 0 radical (unpaired) electrons. The van der Waals surface area contributed by atoms with Gasteiger partial charge < -0.3 is 20.3 Å². The monoisotopic (exact) mass is 313 g/mol. The number of alkyl halides is 3. The Labute approximate surface area is 116 Å². The summed E-state index contributed by atoms with van der Waals surface area (Å²) < 4.78 is 42.6. The number of ether oxygens (including phenoxy) is 1. The van der Waals surface area contributed by atoms with Gasteiger partial charge in [-0.3, -0.25) is 0 Å². The Bertz CT molecular complexity index is 489. The van der Waals surface area contributed by atoms with Gasteiger partial charge in [-0.15, -0.1) is 0 Å². The van der Waals surface area contributed by atoms with Gasteiger partial charge in [0.25, 0.3) is 0 Å². The van der Waals surface area contributed by atoms with Crippen LogP contribution in [0, 0.1) is 0 Å². The summed E-state index contributed by atoms with van der Waals surface area (Å²) in [6, 6.07) is 0.288. The van der Waals surface area contributed by atoms with Crippen LogP contribution in [0.5, 0.6) is 0 Å². The predicted molar refractivity (Wildman–Crippen MR) is 62.3 cm³/mol. The zero-order valence-corrected chi connectivity index (χ0v) is 10.7. The minimum absolute atomic E-state index is 0.0151. The lowest BCUT2D eigenvalue weighted by molar-refractivity contribution is -0.144. The zero-order chi connectivity index (χ0) is 14.9. The summed E-state index contributed by atoms with van der Waals surface area (Å²) in [6.07, 6.45) is -7.05. The van der Waals surface area contributed by atoms with Crippen molar-refractivity contribution >= 4 is 17.4 Å². The molecule has 1 aliphatic rings. The lowest BCUT2D eigenvalue weighted by atomic mass is 10.0. The Hall–Kier alpha value is -1.16. The normalized spacial score (nSPS) is 27.4. The minimum Gasteiger partial charge on any atom is -0.388 e. The standard InChI is InChI=1S/C10H11ClF3N3O3/c11-6-1-7(17-9(16-6)10(12,13)14)15-4-2-20-3-5(18)8(4)19/h1,4-5,8,18-19H,2-3H2,(H,15,16,17)/t4-,5+,8+/m0/s1. The number of nitrogens with zero attached hydrogens (tertiary/aromatic N) is 2. The van der Waals surface area contributed by atoms with Crippen molar-refractivity contribution in [3.63, 3.8) is 0 Å². The molecule has 0 spiro atoms. The number of nitrogens with one attached hydrogen (secondary N) is 1. The van der Waals surface area contributed by atoms with Gasteiger partial charge in [-0.05, 0) is 0 Å². The third-order valence-electron chi connectivity index (χ3n) is 2.67. The van der Waals surface area contributed by atoms with Crippen LogP contribution in [0.25, 0.3) is 0 Å². The number of aliphatic hydroxyl groups is 2. The average Bonchev–Trinajstić information content (AvgIpc) is 2.33. The summed E-state index contributed by atoms with van der Waals surface area (Å²) >= 11 is 5.50. The highest BCUT2D eigenvalue weighted by Crippen LogP contribution is 2.28. The van der Waals surface area contributed by atoms with E-state index in [4.69, 9.17) is 16.3 Å². The van der Waals surface area contributed by atoms with Crippen LogP contribution in [-0.2, 0) is 10.9 Å². The summed E-state index contributed by atoms with van der Waals surface area (Å²) in [5.74, 6) is -1.60. The molecule has 112 valence electrons. The number of anilines is 1. The number of hydrogen-bond donors (Lipinski definition) is 3. The molecule has 0 aliphatic carbocycles. The highest BCUT2D eigenvalue weighted by molar-refractivity contribution is 6.29. The molecule has 1 aliphatic heterocycles. The maximum Gasteiger partial charge on any atom is 0.451 e. The van der Waals surface area contributed by atoms with Gasteiger partial charge >= 0.3 is 6.18 Å². The fraction of sp³-hybridized carbons (Fsp3) is 0.600. The predicted octanol–water partition coefficient (Wildman–Crippen LogP) is 0.681. The van der Waals surface area contributed by atoms with Crippen LogP contribution in [0.1, 0.15) is 5.82 Å². The topological polar surface area (TPSA) is 87.5 Å². The van der Waals surface area contributed by atoms with Crippen LogP contribution >= 0.6 is 11.6 Å². The molecule has 2 heterocycles. The number of rotatable bonds is 2. The van der Waals surface area contributed by atoms with Crippen molar-refractivity contribution in [3.05, 3.63) is 17.0 Å². The fourth-order valence-corrected chi connectivity index (χ4v) is 1.90. The number of hydrogen-bond acceptors (Lipinski definition) is 6. The van der Waals surface area contributed by atoms with Crippen LogP contribution in [0.3, 0.4) is 0 Å². The Kier molecular flexibility index (Phi) is 4.33. The molecule has 1 aromatic heterocycles. The Morgan fingerprint density at radius 2 is 2.00 bits per heavy atom. The first kappa shape index (κ1) is 15.2. The zero-order valence-electron chi connectivity index (χ0n) is 9.93. The summed E-state index contributed by atoms with van der Waals surface area (Å²) in [6.45, 7) is -0.0289. The highest BCUT2D eigenvalue weighted by atomic mass is 35.5. The molecule has 1 aromatic rings. The second kappa shape index (κ2) is 5.68. The quantitative estimate of drug-likeness (QED) is 0.696. The molecule has 10 heteroatoms. The van der Waals surface area contributed by atoms with E-state index in [9.17, 15) is 23.4 Å². The van der Waals surface area contributed by atoms with Crippen molar-refractivity contribution in [3.8, 4) is 0 Å². The van der Waals surface area contributed by atoms with E-state index in [1.165, 1.54) is 0 Å².